The third kappa shape index (κ3) is 3.78. The van der Waals surface area contributed by atoms with Gasteiger partial charge in [0.2, 0.25) is 11.8 Å². The number of carbonyl (C=O) groups is 2. The highest BCUT2D eigenvalue weighted by molar-refractivity contribution is 6.40. The number of hydrogen-bond donors (Lipinski definition) is 2. The van der Waals surface area contributed by atoms with Crippen molar-refractivity contribution in [1.29, 1.82) is 0 Å². The Bertz CT molecular complexity index is 1430. The molecule has 2 aromatic carbocycles. The van der Waals surface area contributed by atoms with E-state index in [0.717, 1.165) is 10.9 Å². The second-order valence-corrected chi connectivity index (χ2v) is 8.59. The SMILES string of the molecule is CN(C)C(=O)c1cc(Nc2ncc3c(n2)OCN(c2c(Cl)cccc2Cl)C3=O)cc2[nH]ccc12. The lowest BCUT2D eigenvalue weighted by Gasteiger charge is -2.29. The second-order valence-electron chi connectivity index (χ2n) is 7.78. The van der Waals surface area contributed by atoms with E-state index in [4.69, 9.17) is 27.9 Å². The van der Waals surface area contributed by atoms with Gasteiger partial charge in [0, 0.05) is 43.1 Å². The van der Waals surface area contributed by atoms with Crippen molar-refractivity contribution in [3.8, 4) is 5.88 Å². The van der Waals surface area contributed by atoms with Crippen molar-refractivity contribution in [2.45, 2.75) is 0 Å². The normalized spacial score (nSPS) is 12.9. The van der Waals surface area contributed by atoms with Crippen LogP contribution in [0, 0.1) is 0 Å². The number of para-hydroxylation sites is 1. The number of nitrogens with one attached hydrogen (secondary N) is 2. The number of ether oxygens (including phenoxy) is 1. The predicted octanol–water partition coefficient (Wildman–Crippen LogP) is 4.71. The van der Waals surface area contributed by atoms with E-state index < -0.39 is 0 Å². The lowest BCUT2D eigenvalue weighted by molar-refractivity contribution is 0.0829. The number of benzene rings is 2. The number of halogens is 2. The third-order valence-electron chi connectivity index (χ3n) is 5.33. The summed E-state index contributed by atoms with van der Waals surface area (Å²) in [5, 5.41) is 4.55. The third-order valence-corrected chi connectivity index (χ3v) is 5.94. The van der Waals surface area contributed by atoms with E-state index in [1.165, 1.54) is 16.0 Å². The van der Waals surface area contributed by atoms with Crippen LogP contribution in [0.25, 0.3) is 10.9 Å². The fourth-order valence-electron chi connectivity index (χ4n) is 3.71. The molecular weight excluding hydrogens is 479 g/mol. The van der Waals surface area contributed by atoms with Gasteiger partial charge in [-0.2, -0.15) is 4.98 Å². The molecule has 0 aliphatic carbocycles. The van der Waals surface area contributed by atoms with Gasteiger partial charge in [-0.1, -0.05) is 29.3 Å². The number of rotatable bonds is 4. The van der Waals surface area contributed by atoms with E-state index in [1.54, 1.807) is 44.6 Å². The van der Waals surface area contributed by atoms with E-state index in [-0.39, 0.29) is 35.9 Å². The van der Waals surface area contributed by atoms with Crippen LogP contribution in [0.3, 0.4) is 0 Å². The number of amides is 2. The predicted molar refractivity (Wildman–Crippen MR) is 130 cm³/mol. The Labute approximate surface area is 204 Å². The average Bonchev–Trinajstić information content (AvgIpc) is 3.28. The van der Waals surface area contributed by atoms with Crippen LogP contribution in [0.4, 0.5) is 17.3 Å². The molecule has 1 aliphatic heterocycles. The van der Waals surface area contributed by atoms with Crippen LogP contribution in [0.1, 0.15) is 20.7 Å². The summed E-state index contributed by atoms with van der Waals surface area (Å²) in [4.78, 5) is 40.3. The minimum atomic E-state index is -0.380. The Kier molecular flexibility index (Phi) is 5.51. The fourth-order valence-corrected chi connectivity index (χ4v) is 4.31. The molecule has 3 heterocycles. The van der Waals surface area contributed by atoms with Gasteiger partial charge >= 0.3 is 0 Å². The molecule has 0 saturated heterocycles. The fraction of sp³-hybridized carbons (Fsp3) is 0.130. The van der Waals surface area contributed by atoms with Crippen LogP contribution in [-0.4, -0.2) is 52.5 Å². The molecule has 0 saturated carbocycles. The molecule has 34 heavy (non-hydrogen) atoms. The lowest BCUT2D eigenvalue weighted by atomic mass is 10.1. The molecule has 0 bridgehead atoms. The number of nitrogens with zero attached hydrogens (tertiary/aromatic N) is 4. The molecule has 2 amide bonds. The smallest absolute Gasteiger partial charge is 0.268 e. The molecule has 9 nitrogen and oxygen atoms in total. The van der Waals surface area contributed by atoms with Crippen LogP contribution >= 0.6 is 23.2 Å². The number of aromatic nitrogens is 3. The first-order valence-electron chi connectivity index (χ1n) is 10.2. The Morgan fingerprint density at radius 2 is 1.97 bits per heavy atom. The number of aromatic amines is 1. The summed E-state index contributed by atoms with van der Waals surface area (Å²) in [6, 6.07) is 10.4. The van der Waals surface area contributed by atoms with Crippen molar-refractivity contribution in [3.63, 3.8) is 0 Å². The van der Waals surface area contributed by atoms with Crippen molar-refractivity contribution in [1.82, 2.24) is 19.9 Å². The summed E-state index contributed by atoms with van der Waals surface area (Å²) >= 11 is 12.5. The van der Waals surface area contributed by atoms with E-state index in [0.29, 0.717) is 27.0 Å². The highest BCUT2D eigenvalue weighted by Gasteiger charge is 2.31. The summed E-state index contributed by atoms with van der Waals surface area (Å²) in [6.07, 6.45) is 3.15. The lowest BCUT2D eigenvalue weighted by Crippen LogP contribution is -2.39. The van der Waals surface area contributed by atoms with Crippen LogP contribution in [0.5, 0.6) is 5.88 Å². The first-order chi connectivity index (χ1) is 16.3. The average molecular weight is 497 g/mol. The number of anilines is 3. The summed E-state index contributed by atoms with van der Waals surface area (Å²) < 4.78 is 5.73. The Balaban J connectivity index is 1.45. The highest BCUT2D eigenvalue weighted by Crippen LogP contribution is 2.37. The van der Waals surface area contributed by atoms with Gasteiger partial charge in [0.1, 0.15) is 5.56 Å². The Morgan fingerprint density at radius 1 is 1.21 bits per heavy atom. The molecule has 0 unspecified atom stereocenters. The van der Waals surface area contributed by atoms with Gasteiger partial charge in [0.25, 0.3) is 11.8 Å². The van der Waals surface area contributed by atoms with Crippen molar-refractivity contribution in [2.24, 2.45) is 0 Å². The molecule has 172 valence electrons. The van der Waals surface area contributed by atoms with Crippen LogP contribution in [0.15, 0.2) is 48.8 Å². The van der Waals surface area contributed by atoms with Crippen molar-refractivity contribution in [2.75, 3.05) is 31.0 Å². The van der Waals surface area contributed by atoms with Crippen LogP contribution < -0.4 is 15.0 Å². The second kappa shape index (κ2) is 8.51. The number of fused-ring (bicyclic) bond motifs is 2. The summed E-state index contributed by atoms with van der Waals surface area (Å²) in [7, 11) is 3.39. The Morgan fingerprint density at radius 3 is 2.71 bits per heavy atom. The van der Waals surface area contributed by atoms with Gasteiger partial charge in [-0.25, -0.2) is 4.98 Å². The maximum atomic E-state index is 13.1. The topological polar surface area (TPSA) is 103 Å². The van der Waals surface area contributed by atoms with Crippen molar-refractivity contribution < 1.29 is 14.3 Å². The highest BCUT2D eigenvalue weighted by atomic mass is 35.5. The molecule has 0 radical (unpaired) electrons. The summed E-state index contributed by atoms with van der Waals surface area (Å²) in [5.41, 5.74) is 2.46. The first kappa shape index (κ1) is 22.0. The molecule has 5 rings (SSSR count). The Hall–Kier alpha value is -3.82. The molecule has 0 spiro atoms. The summed E-state index contributed by atoms with van der Waals surface area (Å²) in [6.45, 7) is -0.109. The maximum Gasteiger partial charge on any atom is 0.268 e. The number of carbonyl (C=O) groups excluding carboxylic acids is 2. The zero-order valence-corrected chi connectivity index (χ0v) is 19.6. The molecule has 1 aliphatic rings. The van der Waals surface area contributed by atoms with E-state index >= 15 is 0 Å². The van der Waals surface area contributed by atoms with E-state index in [1.807, 2.05) is 12.1 Å². The standard InChI is InChI=1S/C23H18Cl2N6O3/c1-30(2)21(32)14-8-12(9-18-13(14)6-7-26-18)28-23-27-10-15-20(29-23)34-11-31(22(15)33)19-16(24)4-3-5-17(19)25/h3-10,26H,11H2,1-2H3,(H,27,28,29). The van der Waals surface area contributed by atoms with Crippen LogP contribution in [-0.2, 0) is 0 Å². The molecule has 4 aromatic rings. The van der Waals surface area contributed by atoms with E-state index in [2.05, 4.69) is 20.3 Å². The molecule has 11 heteroatoms. The molecule has 2 N–H and O–H groups in total. The van der Waals surface area contributed by atoms with Gasteiger partial charge in [-0.3, -0.25) is 14.5 Å². The molecule has 2 aromatic heterocycles. The minimum Gasteiger partial charge on any atom is -0.455 e. The van der Waals surface area contributed by atoms with Crippen molar-refractivity contribution >= 4 is 63.2 Å². The monoisotopic (exact) mass is 496 g/mol. The minimum absolute atomic E-state index is 0.109. The van der Waals surface area contributed by atoms with Gasteiger partial charge in [0.15, 0.2) is 6.73 Å². The molecule has 0 atom stereocenters. The maximum absolute atomic E-state index is 13.1. The summed E-state index contributed by atoms with van der Waals surface area (Å²) in [5.74, 6) is -0.168. The molecular formula is C23H18Cl2N6O3. The largest absolute Gasteiger partial charge is 0.455 e. The van der Waals surface area contributed by atoms with Crippen LogP contribution in [0.2, 0.25) is 10.0 Å². The van der Waals surface area contributed by atoms with Gasteiger partial charge in [-0.15, -0.1) is 0 Å². The quantitative estimate of drug-likeness (QED) is 0.424. The molecule has 0 fully saturated rings. The van der Waals surface area contributed by atoms with Crippen molar-refractivity contribution in [3.05, 3.63) is 70.0 Å². The van der Waals surface area contributed by atoms with Gasteiger partial charge < -0.3 is 19.9 Å². The number of H-pyrrole nitrogens is 1. The van der Waals surface area contributed by atoms with Gasteiger partial charge in [0.05, 0.1) is 21.3 Å². The van der Waals surface area contributed by atoms with E-state index in [9.17, 15) is 9.59 Å². The zero-order valence-electron chi connectivity index (χ0n) is 18.1. The zero-order chi connectivity index (χ0) is 24.0. The van der Waals surface area contributed by atoms with Gasteiger partial charge in [-0.05, 0) is 30.3 Å². The first-order valence-corrected chi connectivity index (χ1v) is 10.9. The number of hydrogen-bond acceptors (Lipinski definition) is 6.